The fraction of sp³-hybridized carbons (Fsp3) is 0.273. The Balaban J connectivity index is 1.41. The lowest BCUT2D eigenvalue weighted by Crippen LogP contribution is -2.01. The molecule has 4 rings (SSSR count). The van der Waals surface area contributed by atoms with Gasteiger partial charge in [-0.1, -0.05) is 13.0 Å². The van der Waals surface area contributed by atoms with Crippen LogP contribution in [-0.4, -0.2) is 24.9 Å². The summed E-state index contributed by atoms with van der Waals surface area (Å²) in [4.78, 5) is 21.2. The maximum atomic E-state index is 4.54. The van der Waals surface area contributed by atoms with Gasteiger partial charge in [-0.25, -0.2) is 15.0 Å². The lowest BCUT2D eigenvalue weighted by molar-refractivity contribution is 0.827. The van der Waals surface area contributed by atoms with Gasteiger partial charge in [0.2, 0.25) is 0 Å². The molecule has 0 saturated carbocycles. The number of hydrogen-bond acceptors (Lipinski definition) is 4. The van der Waals surface area contributed by atoms with E-state index >= 15 is 0 Å². The van der Waals surface area contributed by atoms with Gasteiger partial charge in [-0.3, -0.25) is 4.98 Å². The monoisotopic (exact) mass is 357 g/mol. The van der Waals surface area contributed by atoms with Crippen LogP contribution in [0.1, 0.15) is 40.7 Å². The molecule has 0 amide bonds. The average molecular weight is 357 g/mol. The quantitative estimate of drug-likeness (QED) is 0.566. The Kier molecular flexibility index (Phi) is 4.92. The predicted molar refractivity (Wildman–Crippen MR) is 107 cm³/mol. The third-order valence-electron chi connectivity index (χ3n) is 4.81. The van der Waals surface area contributed by atoms with Crippen LogP contribution in [0.5, 0.6) is 0 Å². The van der Waals surface area contributed by atoms with Gasteiger partial charge in [0.05, 0.1) is 0 Å². The first-order chi connectivity index (χ1) is 13.2. The van der Waals surface area contributed by atoms with Crippen molar-refractivity contribution in [3.8, 4) is 0 Å². The molecule has 4 aromatic rings. The summed E-state index contributed by atoms with van der Waals surface area (Å²) < 4.78 is 0. The third-order valence-corrected chi connectivity index (χ3v) is 4.81. The Bertz CT molecular complexity index is 1030. The van der Waals surface area contributed by atoms with Crippen molar-refractivity contribution in [2.24, 2.45) is 0 Å². The molecule has 0 aromatic carbocycles. The maximum absolute atomic E-state index is 4.54. The summed E-state index contributed by atoms with van der Waals surface area (Å²) in [6.07, 6.45) is 13.2. The van der Waals surface area contributed by atoms with E-state index in [-0.39, 0.29) is 0 Å². The van der Waals surface area contributed by atoms with E-state index in [2.05, 4.69) is 57.0 Å². The highest BCUT2D eigenvalue weighted by Crippen LogP contribution is 2.20. The molecule has 0 bridgehead atoms. The Morgan fingerprint density at radius 2 is 1.70 bits per heavy atom. The van der Waals surface area contributed by atoms with Crippen LogP contribution in [0.4, 0.5) is 0 Å². The van der Waals surface area contributed by atoms with Crippen molar-refractivity contribution in [1.82, 2.24) is 24.9 Å². The second-order valence-corrected chi connectivity index (χ2v) is 6.92. The molecule has 5 nitrogen and oxygen atoms in total. The van der Waals surface area contributed by atoms with Crippen LogP contribution in [0.3, 0.4) is 0 Å². The van der Waals surface area contributed by atoms with Crippen molar-refractivity contribution >= 4 is 11.0 Å². The summed E-state index contributed by atoms with van der Waals surface area (Å²) in [5, 5.41) is 1.17. The number of hydrogen-bond donors (Lipinski definition) is 1. The lowest BCUT2D eigenvalue weighted by Gasteiger charge is -2.04. The van der Waals surface area contributed by atoms with Crippen LogP contribution in [0, 0.1) is 6.92 Å². The number of pyridine rings is 2. The number of aromatic nitrogens is 5. The predicted octanol–water partition coefficient (Wildman–Crippen LogP) is 3.99. The molecule has 4 aromatic heterocycles. The van der Waals surface area contributed by atoms with E-state index in [1.54, 1.807) is 0 Å². The van der Waals surface area contributed by atoms with Crippen molar-refractivity contribution in [2.75, 3.05) is 0 Å². The van der Waals surface area contributed by atoms with E-state index in [1.807, 2.05) is 31.0 Å². The zero-order valence-corrected chi connectivity index (χ0v) is 15.7. The lowest BCUT2D eigenvalue weighted by atomic mass is 10.1. The molecule has 0 aliphatic rings. The second-order valence-electron chi connectivity index (χ2n) is 6.92. The van der Waals surface area contributed by atoms with Gasteiger partial charge < -0.3 is 4.98 Å². The third kappa shape index (κ3) is 4.03. The molecule has 4 heterocycles. The van der Waals surface area contributed by atoms with Crippen LogP contribution in [0.25, 0.3) is 11.0 Å². The number of nitrogens with zero attached hydrogens (tertiary/aromatic N) is 4. The number of rotatable bonds is 6. The van der Waals surface area contributed by atoms with Crippen LogP contribution in [0.2, 0.25) is 0 Å². The van der Waals surface area contributed by atoms with Gasteiger partial charge in [-0.2, -0.15) is 0 Å². The van der Waals surface area contributed by atoms with E-state index < -0.39 is 0 Å². The highest BCUT2D eigenvalue weighted by Gasteiger charge is 2.07. The SMILES string of the molecule is CCc1ccc(CCc2ncc(Cc3c[nH]c4ncc(C)cc34)cn2)nc1. The molecule has 1 N–H and O–H groups in total. The molecular weight excluding hydrogens is 334 g/mol. The number of aromatic amines is 1. The zero-order valence-electron chi connectivity index (χ0n) is 15.7. The average Bonchev–Trinajstić information content (AvgIpc) is 3.10. The van der Waals surface area contributed by atoms with Gasteiger partial charge in [-0.15, -0.1) is 0 Å². The maximum Gasteiger partial charge on any atom is 0.137 e. The smallest absolute Gasteiger partial charge is 0.137 e. The largest absolute Gasteiger partial charge is 0.346 e. The summed E-state index contributed by atoms with van der Waals surface area (Å²) in [6, 6.07) is 6.41. The van der Waals surface area contributed by atoms with E-state index in [0.717, 1.165) is 54.0 Å². The Hall–Kier alpha value is -3.08. The number of aryl methyl sites for hydroxylation is 4. The van der Waals surface area contributed by atoms with Crippen LogP contribution in [-0.2, 0) is 25.7 Å². The van der Waals surface area contributed by atoms with E-state index in [0.29, 0.717) is 0 Å². The first-order valence-corrected chi connectivity index (χ1v) is 9.37. The van der Waals surface area contributed by atoms with Crippen LogP contribution < -0.4 is 0 Å². The molecule has 27 heavy (non-hydrogen) atoms. The first kappa shape index (κ1) is 17.3. The highest BCUT2D eigenvalue weighted by molar-refractivity contribution is 5.80. The fourth-order valence-corrected chi connectivity index (χ4v) is 3.18. The van der Waals surface area contributed by atoms with E-state index in [1.165, 1.54) is 16.5 Å². The molecule has 0 radical (unpaired) electrons. The van der Waals surface area contributed by atoms with Crippen molar-refractivity contribution in [2.45, 2.75) is 39.5 Å². The molecule has 5 heteroatoms. The van der Waals surface area contributed by atoms with E-state index in [9.17, 15) is 0 Å². The Morgan fingerprint density at radius 1 is 0.889 bits per heavy atom. The second kappa shape index (κ2) is 7.66. The Morgan fingerprint density at radius 3 is 2.44 bits per heavy atom. The number of nitrogens with one attached hydrogen (secondary N) is 1. The number of fused-ring (bicyclic) bond motifs is 1. The molecule has 0 fully saturated rings. The minimum atomic E-state index is 0.797. The topological polar surface area (TPSA) is 67.3 Å². The molecule has 0 atom stereocenters. The highest BCUT2D eigenvalue weighted by atomic mass is 14.9. The summed E-state index contributed by atoms with van der Waals surface area (Å²) in [5.41, 5.74) is 6.76. The standard InChI is InChI=1S/C22H23N5/c1-3-16-4-5-19(23-11-16)6-7-21-24-12-17(13-25-21)9-18-14-27-22-20(18)8-15(2)10-26-22/h4-5,8,10-14H,3,6-7,9H2,1-2H3,(H,26,27). The number of H-pyrrole nitrogens is 1. The van der Waals surface area contributed by atoms with Crippen LogP contribution >= 0.6 is 0 Å². The molecule has 0 spiro atoms. The van der Waals surface area contributed by atoms with E-state index in [4.69, 9.17) is 0 Å². The minimum absolute atomic E-state index is 0.797. The normalized spacial score (nSPS) is 11.2. The van der Waals surface area contributed by atoms with Crippen LogP contribution in [0.15, 0.2) is 49.2 Å². The minimum Gasteiger partial charge on any atom is -0.346 e. The van der Waals surface area contributed by atoms with Gasteiger partial charge in [0.1, 0.15) is 11.5 Å². The molecule has 0 aliphatic carbocycles. The summed E-state index contributed by atoms with van der Waals surface area (Å²) >= 11 is 0. The van der Waals surface area contributed by atoms with Gasteiger partial charge in [0.15, 0.2) is 0 Å². The van der Waals surface area contributed by atoms with Crippen molar-refractivity contribution < 1.29 is 0 Å². The first-order valence-electron chi connectivity index (χ1n) is 9.37. The molecular formula is C22H23N5. The molecule has 0 unspecified atom stereocenters. The van der Waals surface area contributed by atoms with Crippen molar-refractivity contribution in [3.05, 3.63) is 83.0 Å². The van der Waals surface area contributed by atoms with Gasteiger partial charge >= 0.3 is 0 Å². The van der Waals surface area contributed by atoms with Gasteiger partial charge in [0, 0.05) is 54.9 Å². The Labute approximate surface area is 159 Å². The summed E-state index contributed by atoms with van der Waals surface area (Å²) in [5.74, 6) is 0.858. The summed E-state index contributed by atoms with van der Waals surface area (Å²) in [6.45, 7) is 4.20. The van der Waals surface area contributed by atoms with Crippen molar-refractivity contribution in [1.29, 1.82) is 0 Å². The van der Waals surface area contributed by atoms with Gasteiger partial charge in [0.25, 0.3) is 0 Å². The molecule has 0 aliphatic heterocycles. The molecule has 136 valence electrons. The zero-order chi connectivity index (χ0) is 18.6. The molecule has 0 saturated heterocycles. The van der Waals surface area contributed by atoms with Gasteiger partial charge in [-0.05, 0) is 54.2 Å². The van der Waals surface area contributed by atoms with Crippen molar-refractivity contribution in [3.63, 3.8) is 0 Å². The summed E-state index contributed by atoms with van der Waals surface area (Å²) in [7, 11) is 0. The fourth-order valence-electron chi connectivity index (χ4n) is 3.18.